The van der Waals surface area contributed by atoms with Gasteiger partial charge in [0.25, 0.3) is 0 Å². The van der Waals surface area contributed by atoms with Crippen LogP contribution < -0.4 is 9.80 Å². The van der Waals surface area contributed by atoms with E-state index in [4.69, 9.17) is 0 Å². The number of piperazine rings is 1. The van der Waals surface area contributed by atoms with Crippen LogP contribution in [0, 0.1) is 0 Å². The third kappa shape index (κ3) is 4.42. The molecule has 0 spiro atoms. The van der Waals surface area contributed by atoms with Gasteiger partial charge < -0.3 is 9.80 Å². The molecule has 26 heavy (non-hydrogen) atoms. The van der Waals surface area contributed by atoms with Crippen molar-refractivity contribution in [3.63, 3.8) is 0 Å². The van der Waals surface area contributed by atoms with E-state index in [1.54, 1.807) is 0 Å². The Labute approximate surface area is 156 Å². The maximum atomic E-state index is 13.2. The van der Waals surface area contributed by atoms with Crippen molar-refractivity contribution >= 4 is 23.0 Å². The summed E-state index contributed by atoms with van der Waals surface area (Å²) in [6.45, 7) is 4.33. The van der Waals surface area contributed by atoms with E-state index in [0.717, 1.165) is 43.2 Å². The molecule has 1 amide bonds. The topological polar surface area (TPSA) is 30.0 Å². The Hall–Kier alpha value is -2.37. The number of nitrogens with zero attached hydrogens (tertiary/aromatic N) is 4. The number of anilines is 3. The summed E-state index contributed by atoms with van der Waals surface area (Å²) in [6.07, 6.45) is 0. The number of hydrogen-bond acceptors (Lipinski definition) is 4. The van der Waals surface area contributed by atoms with E-state index < -0.39 is 0 Å². The van der Waals surface area contributed by atoms with Crippen LogP contribution in [0.3, 0.4) is 0 Å². The monoisotopic (exact) mass is 352 g/mol. The second kappa shape index (κ2) is 8.34. The van der Waals surface area contributed by atoms with Crippen molar-refractivity contribution in [2.45, 2.75) is 0 Å². The lowest BCUT2D eigenvalue weighted by molar-refractivity contribution is -0.119. The Balaban J connectivity index is 1.82. The summed E-state index contributed by atoms with van der Waals surface area (Å²) in [5.41, 5.74) is 2.93. The number of benzene rings is 2. The smallest absolute Gasteiger partial charge is 0.245 e. The van der Waals surface area contributed by atoms with E-state index in [1.807, 2.05) is 61.5 Å². The van der Waals surface area contributed by atoms with Crippen LogP contribution in [0.4, 0.5) is 17.1 Å². The molecule has 0 aliphatic carbocycles. The predicted octanol–water partition coefficient (Wildman–Crippen LogP) is 2.66. The Morgan fingerprint density at radius 3 is 1.96 bits per heavy atom. The highest BCUT2D eigenvalue weighted by molar-refractivity contribution is 6.01. The first-order chi connectivity index (χ1) is 12.5. The minimum absolute atomic E-state index is 0.110. The molecule has 0 radical (unpaired) electrons. The third-order valence-electron chi connectivity index (χ3n) is 4.84. The van der Waals surface area contributed by atoms with E-state index in [2.05, 4.69) is 33.9 Å². The van der Waals surface area contributed by atoms with Crippen molar-refractivity contribution in [1.29, 1.82) is 0 Å². The van der Waals surface area contributed by atoms with Crippen LogP contribution in [0.2, 0.25) is 0 Å². The van der Waals surface area contributed by atoms with Gasteiger partial charge in [-0.25, -0.2) is 0 Å². The molecule has 0 atom stereocenters. The number of carbonyl (C=O) groups is 1. The van der Waals surface area contributed by atoms with Crippen LogP contribution in [0.25, 0.3) is 0 Å². The van der Waals surface area contributed by atoms with Crippen LogP contribution in [0.5, 0.6) is 0 Å². The molecule has 1 aliphatic rings. The molecule has 1 saturated heterocycles. The van der Waals surface area contributed by atoms with Gasteiger partial charge in [-0.15, -0.1) is 0 Å². The van der Waals surface area contributed by atoms with Gasteiger partial charge >= 0.3 is 0 Å². The normalized spacial score (nSPS) is 15.7. The van der Waals surface area contributed by atoms with Crippen molar-refractivity contribution < 1.29 is 4.79 Å². The fraction of sp³-hybridized carbons (Fsp3) is 0.381. The maximum absolute atomic E-state index is 13.2. The predicted molar refractivity (Wildman–Crippen MR) is 108 cm³/mol. The standard InChI is InChI=1S/C21H28N4O/c1-22(2)18-9-11-20(12-10-18)25(19-7-5-4-6-8-19)21(26)17-24-15-13-23(3)14-16-24/h4-12H,13-17H2,1-3H3. The summed E-state index contributed by atoms with van der Waals surface area (Å²) in [7, 11) is 6.16. The minimum atomic E-state index is 0.110. The molecule has 1 aliphatic heterocycles. The van der Waals surface area contributed by atoms with Crippen LogP contribution in [-0.2, 0) is 4.79 Å². The fourth-order valence-corrected chi connectivity index (χ4v) is 3.18. The second-order valence-electron chi connectivity index (χ2n) is 7.05. The number of likely N-dealkylation sites (N-methyl/N-ethyl adjacent to an activating group) is 1. The zero-order chi connectivity index (χ0) is 18.5. The summed E-state index contributed by atoms with van der Waals surface area (Å²) in [6, 6.07) is 18.0. The SMILES string of the molecule is CN1CCN(CC(=O)N(c2ccccc2)c2ccc(N(C)C)cc2)CC1. The molecule has 2 aromatic carbocycles. The van der Waals surface area contributed by atoms with Gasteiger partial charge in [-0.1, -0.05) is 18.2 Å². The number of amides is 1. The first-order valence-corrected chi connectivity index (χ1v) is 9.11. The third-order valence-corrected chi connectivity index (χ3v) is 4.84. The highest BCUT2D eigenvalue weighted by Crippen LogP contribution is 2.27. The van der Waals surface area contributed by atoms with Crippen molar-refractivity contribution in [1.82, 2.24) is 9.80 Å². The molecule has 5 nitrogen and oxygen atoms in total. The zero-order valence-electron chi connectivity index (χ0n) is 15.9. The Bertz CT molecular complexity index is 707. The lowest BCUT2D eigenvalue weighted by Crippen LogP contribution is -2.48. The molecule has 138 valence electrons. The number of carbonyl (C=O) groups excluding carboxylic acids is 1. The van der Waals surface area contributed by atoms with E-state index in [-0.39, 0.29) is 5.91 Å². The second-order valence-corrected chi connectivity index (χ2v) is 7.05. The quantitative estimate of drug-likeness (QED) is 0.828. The van der Waals surface area contributed by atoms with Gasteiger partial charge in [-0.2, -0.15) is 0 Å². The van der Waals surface area contributed by atoms with Crippen LogP contribution in [0.1, 0.15) is 0 Å². The van der Waals surface area contributed by atoms with Crippen molar-refractivity contribution in [2.24, 2.45) is 0 Å². The molecule has 2 aromatic rings. The zero-order valence-corrected chi connectivity index (χ0v) is 15.9. The van der Waals surface area contributed by atoms with Crippen LogP contribution in [0.15, 0.2) is 54.6 Å². The molecule has 1 fully saturated rings. The summed E-state index contributed by atoms with van der Waals surface area (Å²) in [4.78, 5) is 21.6. The van der Waals surface area contributed by atoms with E-state index >= 15 is 0 Å². The van der Waals surface area contributed by atoms with Crippen LogP contribution in [-0.4, -0.2) is 69.6 Å². The number of hydrogen-bond donors (Lipinski definition) is 0. The van der Waals surface area contributed by atoms with Gasteiger partial charge in [-0.3, -0.25) is 14.6 Å². The minimum Gasteiger partial charge on any atom is -0.378 e. The largest absolute Gasteiger partial charge is 0.378 e. The summed E-state index contributed by atoms with van der Waals surface area (Å²) >= 11 is 0. The number of para-hydroxylation sites is 1. The molecular weight excluding hydrogens is 324 g/mol. The molecule has 5 heteroatoms. The Kier molecular flexibility index (Phi) is 5.91. The fourth-order valence-electron chi connectivity index (χ4n) is 3.18. The van der Waals surface area contributed by atoms with Crippen molar-refractivity contribution in [3.8, 4) is 0 Å². The molecule has 0 N–H and O–H groups in total. The first-order valence-electron chi connectivity index (χ1n) is 9.11. The van der Waals surface area contributed by atoms with E-state index in [0.29, 0.717) is 6.54 Å². The average Bonchev–Trinajstić information content (AvgIpc) is 2.65. The summed E-state index contributed by atoms with van der Waals surface area (Å²) < 4.78 is 0. The highest BCUT2D eigenvalue weighted by atomic mass is 16.2. The molecule has 3 rings (SSSR count). The molecule has 0 aromatic heterocycles. The molecular formula is C21H28N4O. The lowest BCUT2D eigenvalue weighted by atomic mass is 10.2. The van der Waals surface area contributed by atoms with Gasteiger partial charge in [0.15, 0.2) is 0 Å². The molecule has 1 heterocycles. The Morgan fingerprint density at radius 1 is 0.846 bits per heavy atom. The lowest BCUT2D eigenvalue weighted by Gasteiger charge is -2.33. The van der Waals surface area contributed by atoms with Gasteiger partial charge in [0.2, 0.25) is 5.91 Å². The molecule has 0 unspecified atom stereocenters. The maximum Gasteiger partial charge on any atom is 0.245 e. The highest BCUT2D eigenvalue weighted by Gasteiger charge is 2.22. The van der Waals surface area contributed by atoms with E-state index in [9.17, 15) is 4.79 Å². The van der Waals surface area contributed by atoms with Crippen molar-refractivity contribution in [2.75, 3.05) is 63.7 Å². The van der Waals surface area contributed by atoms with Crippen LogP contribution >= 0.6 is 0 Å². The molecule has 0 saturated carbocycles. The Morgan fingerprint density at radius 2 is 1.38 bits per heavy atom. The molecule has 0 bridgehead atoms. The first kappa shape index (κ1) is 18.4. The summed E-state index contributed by atoms with van der Waals surface area (Å²) in [5, 5.41) is 0. The average molecular weight is 352 g/mol. The van der Waals surface area contributed by atoms with Crippen molar-refractivity contribution in [3.05, 3.63) is 54.6 Å². The van der Waals surface area contributed by atoms with E-state index in [1.165, 1.54) is 0 Å². The van der Waals surface area contributed by atoms with Gasteiger partial charge in [-0.05, 0) is 43.4 Å². The van der Waals surface area contributed by atoms with Gasteiger partial charge in [0.1, 0.15) is 0 Å². The van der Waals surface area contributed by atoms with Gasteiger partial charge in [0.05, 0.1) is 6.54 Å². The van der Waals surface area contributed by atoms with Gasteiger partial charge in [0, 0.05) is 57.3 Å². The summed E-state index contributed by atoms with van der Waals surface area (Å²) in [5.74, 6) is 0.110. The number of rotatable bonds is 5.